The summed E-state index contributed by atoms with van der Waals surface area (Å²) in [5, 5.41) is 3.76. The lowest BCUT2D eigenvalue weighted by molar-refractivity contribution is 0.355. The highest BCUT2D eigenvalue weighted by Gasteiger charge is 2.41. The van der Waals surface area contributed by atoms with Gasteiger partial charge in [-0.05, 0) is 69.9 Å². The van der Waals surface area contributed by atoms with E-state index in [9.17, 15) is 0 Å². The Morgan fingerprint density at radius 1 is 1.20 bits per heavy atom. The number of ether oxygens (including phenoxy) is 1. The van der Waals surface area contributed by atoms with Crippen molar-refractivity contribution < 1.29 is 4.74 Å². The van der Waals surface area contributed by atoms with Crippen LogP contribution in [0.3, 0.4) is 0 Å². The second-order valence-corrected chi connectivity index (χ2v) is 6.71. The fourth-order valence-corrected chi connectivity index (χ4v) is 3.38. The van der Waals surface area contributed by atoms with Gasteiger partial charge in [-0.15, -0.1) is 0 Å². The van der Waals surface area contributed by atoms with Crippen LogP contribution in [0, 0.1) is 24.7 Å². The number of rotatable bonds is 7. The van der Waals surface area contributed by atoms with E-state index in [2.05, 4.69) is 37.4 Å². The second kappa shape index (κ2) is 5.77. The topological polar surface area (TPSA) is 21.3 Å². The normalized spacial score (nSPS) is 20.2. The van der Waals surface area contributed by atoms with Gasteiger partial charge in [0.25, 0.3) is 0 Å². The minimum Gasteiger partial charge on any atom is -0.496 e. The lowest BCUT2D eigenvalue weighted by atomic mass is 9.96. The monoisotopic (exact) mass is 273 g/mol. The van der Waals surface area contributed by atoms with Gasteiger partial charge in [0.1, 0.15) is 5.75 Å². The average molecular weight is 273 g/mol. The molecule has 0 radical (unpaired) electrons. The predicted molar refractivity (Wildman–Crippen MR) is 83.1 cm³/mol. The minimum absolute atomic E-state index is 0.366. The molecule has 1 aromatic carbocycles. The van der Waals surface area contributed by atoms with E-state index < -0.39 is 0 Å². The molecule has 2 fully saturated rings. The summed E-state index contributed by atoms with van der Waals surface area (Å²) in [6, 6.07) is 6.82. The van der Waals surface area contributed by atoms with Gasteiger partial charge in [0.2, 0.25) is 0 Å². The van der Waals surface area contributed by atoms with Gasteiger partial charge in [-0.1, -0.05) is 17.7 Å². The van der Waals surface area contributed by atoms with Crippen LogP contribution in [0.15, 0.2) is 18.2 Å². The summed E-state index contributed by atoms with van der Waals surface area (Å²) in [6.07, 6.45) is 5.85. The highest BCUT2D eigenvalue weighted by molar-refractivity contribution is 5.38. The van der Waals surface area contributed by atoms with Gasteiger partial charge in [0.15, 0.2) is 0 Å². The Morgan fingerprint density at radius 2 is 1.85 bits per heavy atom. The summed E-state index contributed by atoms with van der Waals surface area (Å²) in [5.41, 5.74) is 2.59. The first kappa shape index (κ1) is 13.9. The Kier molecular flexibility index (Phi) is 4.02. The average Bonchev–Trinajstić information content (AvgIpc) is 3.31. The number of hydrogen-bond donors (Lipinski definition) is 1. The van der Waals surface area contributed by atoms with Crippen LogP contribution in [-0.2, 0) is 0 Å². The maximum atomic E-state index is 5.51. The summed E-state index contributed by atoms with van der Waals surface area (Å²) in [7, 11) is 1.76. The van der Waals surface area contributed by atoms with Crippen LogP contribution in [0.2, 0.25) is 0 Å². The van der Waals surface area contributed by atoms with Crippen molar-refractivity contribution in [3.8, 4) is 5.75 Å². The molecule has 1 atom stereocenters. The summed E-state index contributed by atoms with van der Waals surface area (Å²) in [4.78, 5) is 0. The van der Waals surface area contributed by atoms with Gasteiger partial charge < -0.3 is 10.1 Å². The van der Waals surface area contributed by atoms with Gasteiger partial charge in [0, 0.05) is 11.6 Å². The summed E-state index contributed by atoms with van der Waals surface area (Å²) in [6.45, 7) is 5.58. The molecule has 2 aliphatic rings. The van der Waals surface area contributed by atoms with Crippen LogP contribution in [0.25, 0.3) is 0 Å². The fraction of sp³-hybridized carbons (Fsp3) is 0.667. The molecule has 2 nitrogen and oxygen atoms in total. The SMILES string of the molecule is COc1ccc(C)cc1C(C)NCC(C1CC1)C1CC1. The van der Waals surface area contributed by atoms with E-state index in [1.165, 1.54) is 43.4 Å². The van der Waals surface area contributed by atoms with Gasteiger partial charge in [-0.2, -0.15) is 0 Å². The molecule has 2 saturated carbocycles. The standard InChI is InChI=1S/C18H27NO/c1-12-4-9-18(20-3)16(10-12)13(2)19-11-17(14-5-6-14)15-7-8-15/h4,9-10,13-15,17,19H,5-8,11H2,1-3H3. The number of aryl methyl sites for hydroxylation is 1. The Balaban J connectivity index is 1.63. The largest absolute Gasteiger partial charge is 0.496 e. The van der Waals surface area contributed by atoms with Crippen molar-refractivity contribution in [1.82, 2.24) is 5.32 Å². The highest BCUT2D eigenvalue weighted by atomic mass is 16.5. The third kappa shape index (κ3) is 3.17. The molecule has 1 aromatic rings. The van der Waals surface area contributed by atoms with E-state index in [1.807, 2.05) is 0 Å². The zero-order valence-electron chi connectivity index (χ0n) is 13.0. The molecule has 0 aliphatic heterocycles. The van der Waals surface area contributed by atoms with E-state index >= 15 is 0 Å². The van der Waals surface area contributed by atoms with Crippen molar-refractivity contribution >= 4 is 0 Å². The van der Waals surface area contributed by atoms with E-state index in [4.69, 9.17) is 4.74 Å². The van der Waals surface area contributed by atoms with E-state index in [0.29, 0.717) is 6.04 Å². The maximum Gasteiger partial charge on any atom is 0.123 e. The zero-order chi connectivity index (χ0) is 14.1. The van der Waals surface area contributed by atoms with Crippen molar-refractivity contribution in [2.45, 2.75) is 45.6 Å². The van der Waals surface area contributed by atoms with Crippen LogP contribution in [0.1, 0.15) is 49.8 Å². The Bertz CT molecular complexity index is 450. The van der Waals surface area contributed by atoms with Crippen LogP contribution < -0.4 is 10.1 Å². The van der Waals surface area contributed by atoms with Crippen molar-refractivity contribution in [3.63, 3.8) is 0 Å². The molecule has 0 amide bonds. The van der Waals surface area contributed by atoms with E-state index in [-0.39, 0.29) is 0 Å². The van der Waals surface area contributed by atoms with Gasteiger partial charge in [-0.3, -0.25) is 0 Å². The molecule has 1 N–H and O–H groups in total. The summed E-state index contributed by atoms with van der Waals surface area (Å²) < 4.78 is 5.51. The zero-order valence-corrected chi connectivity index (χ0v) is 13.0. The van der Waals surface area contributed by atoms with E-state index in [0.717, 1.165) is 23.5 Å². The molecule has 0 bridgehead atoms. The molecule has 3 rings (SSSR count). The molecular weight excluding hydrogens is 246 g/mol. The quantitative estimate of drug-likeness (QED) is 0.808. The van der Waals surface area contributed by atoms with Crippen molar-refractivity contribution in [2.75, 3.05) is 13.7 Å². The Labute approximate surface area is 122 Å². The van der Waals surface area contributed by atoms with E-state index in [1.54, 1.807) is 7.11 Å². The van der Waals surface area contributed by atoms with Crippen molar-refractivity contribution in [3.05, 3.63) is 29.3 Å². The predicted octanol–water partition coefficient (Wildman–Crippen LogP) is 4.09. The molecule has 0 heterocycles. The second-order valence-electron chi connectivity index (χ2n) is 6.71. The highest BCUT2D eigenvalue weighted by Crippen LogP contribution is 2.49. The number of nitrogens with one attached hydrogen (secondary N) is 1. The molecule has 0 spiro atoms. The maximum absolute atomic E-state index is 5.51. The lowest BCUT2D eigenvalue weighted by Gasteiger charge is -2.22. The van der Waals surface area contributed by atoms with Gasteiger partial charge in [0.05, 0.1) is 7.11 Å². The molecule has 2 heteroatoms. The molecule has 0 saturated heterocycles. The molecule has 1 unspecified atom stereocenters. The minimum atomic E-state index is 0.366. The van der Waals surface area contributed by atoms with Crippen LogP contribution in [0.4, 0.5) is 0 Å². The lowest BCUT2D eigenvalue weighted by Crippen LogP contribution is -2.28. The number of methoxy groups -OCH3 is 1. The molecule has 2 aliphatic carbocycles. The molecule has 20 heavy (non-hydrogen) atoms. The third-order valence-electron chi connectivity index (χ3n) is 4.97. The van der Waals surface area contributed by atoms with Gasteiger partial charge in [-0.25, -0.2) is 0 Å². The summed E-state index contributed by atoms with van der Waals surface area (Å²) in [5.74, 6) is 3.96. The van der Waals surface area contributed by atoms with Gasteiger partial charge >= 0.3 is 0 Å². The number of hydrogen-bond acceptors (Lipinski definition) is 2. The Morgan fingerprint density at radius 3 is 2.40 bits per heavy atom. The van der Waals surface area contributed by atoms with Crippen LogP contribution >= 0.6 is 0 Å². The first-order chi connectivity index (χ1) is 9.69. The summed E-state index contributed by atoms with van der Waals surface area (Å²) >= 11 is 0. The van der Waals surface area contributed by atoms with Crippen LogP contribution in [-0.4, -0.2) is 13.7 Å². The third-order valence-corrected chi connectivity index (χ3v) is 4.97. The smallest absolute Gasteiger partial charge is 0.123 e. The van der Waals surface area contributed by atoms with Crippen molar-refractivity contribution in [1.29, 1.82) is 0 Å². The first-order valence-corrected chi connectivity index (χ1v) is 8.07. The molecule has 0 aromatic heterocycles. The Hall–Kier alpha value is -1.02. The van der Waals surface area contributed by atoms with Crippen molar-refractivity contribution in [2.24, 2.45) is 17.8 Å². The van der Waals surface area contributed by atoms with Crippen LogP contribution in [0.5, 0.6) is 5.75 Å². The molecular formula is C18H27NO. The number of benzene rings is 1. The first-order valence-electron chi connectivity index (χ1n) is 8.07. The fourth-order valence-electron chi connectivity index (χ4n) is 3.38. The molecule has 110 valence electrons.